The summed E-state index contributed by atoms with van der Waals surface area (Å²) in [5.74, 6) is 0.994. The molecule has 0 amide bonds. The van der Waals surface area contributed by atoms with Crippen LogP contribution in [0, 0.1) is 0 Å². The van der Waals surface area contributed by atoms with Crippen molar-refractivity contribution in [3.63, 3.8) is 0 Å². The van der Waals surface area contributed by atoms with Crippen LogP contribution >= 0.6 is 0 Å². The van der Waals surface area contributed by atoms with E-state index in [9.17, 15) is 0 Å². The highest BCUT2D eigenvalue weighted by Crippen LogP contribution is 2.39. The number of hydrogen-bond donors (Lipinski definition) is 0. The van der Waals surface area contributed by atoms with Gasteiger partial charge in [0.25, 0.3) is 0 Å². The van der Waals surface area contributed by atoms with E-state index in [1.54, 1.807) is 0 Å². The average Bonchev–Trinajstić information content (AvgIpc) is 3.72. The SMILES string of the molecule is c1ccc(-c2nnc(-c3ccc(-c4ccc(-c5nc6c(-c7ccccc7)ccc(-c7ccccc7)c6nc5-c5ccccc5)cc4)cc3)o2)cc1. The van der Waals surface area contributed by atoms with E-state index < -0.39 is 0 Å². The number of aromatic nitrogens is 4. The van der Waals surface area contributed by atoms with Gasteiger partial charge in [-0.25, -0.2) is 9.97 Å². The Kier molecular flexibility index (Phi) is 7.76. The van der Waals surface area contributed by atoms with Crippen LogP contribution in [0.5, 0.6) is 0 Å². The number of nitrogens with zero attached hydrogens (tertiary/aromatic N) is 4. The summed E-state index contributed by atoms with van der Waals surface area (Å²) in [6.07, 6.45) is 0. The molecule has 0 fully saturated rings. The molecule has 0 unspecified atom stereocenters. The smallest absolute Gasteiger partial charge is 0.248 e. The van der Waals surface area contributed by atoms with Crippen LogP contribution in [-0.4, -0.2) is 20.2 Å². The zero-order valence-electron chi connectivity index (χ0n) is 27.5. The maximum absolute atomic E-state index is 5.98. The summed E-state index contributed by atoms with van der Waals surface area (Å²) in [7, 11) is 0. The van der Waals surface area contributed by atoms with Crippen molar-refractivity contribution >= 4 is 11.0 Å². The van der Waals surface area contributed by atoms with Gasteiger partial charge in [-0.3, -0.25) is 0 Å². The molecule has 0 radical (unpaired) electrons. The minimum Gasteiger partial charge on any atom is -0.416 e. The van der Waals surface area contributed by atoms with E-state index in [4.69, 9.17) is 14.4 Å². The fourth-order valence-electron chi connectivity index (χ4n) is 6.50. The molecular weight excluding hydrogens is 625 g/mol. The molecule has 0 aliphatic rings. The molecule has 0 atom stereocenters. The third kappa shape index (κ3) is 5.87. The molecule has 9 aromatic rings. The van der Waals surface area contributed by atoms with Gasteiger partial charge in [0.15, 0.2) is 0 Å². The molecule has 0 spiro atoms. The first-order valence-corrected chi connectivity index (χ1v) is 16.9. The van der Waals surface area contributed by atoms with Gasteiger partial charge in [-0.2, -0.15) is 0 Å². The van der Waals surface area contributed by atoms with E-state index >= 15 is 0 Å². The second-order valence-corrected chi connectivity index (χ2v) is 12.3. The molecule has 0 N–H and O–H groups in total. The van der Waals surface area contributed by atoms with Gasteiger partial charge in [0, 0.05) is 33.4 Å². The van der Waals surface area contributed by atoms with E-state index in [1.807, 2.05) is 72.8 Å². The average molecular weight is 655 g/mol. The van der Waals surface area contributed by atoms with Gasteiger partial charge in [0.1, 0.15) is 0 Å². The van der Waals surface area contributed by atoms with Crippen molar-refractivity contribution in [3.8, 4) is 78.8 Å². The molecule has 0 aliphatic carbocycles. The Labute approximate surface area is 295 Å². The van der Waals surface area contributed by atoms with Crippen molar-refractivity contribution < 1.29 is 4.42 Å². The Balaban J connectivity index is 1.13. The summed E-state index contributed by atoms with van der Waals surface area (Å²) in [6.45, 7) is 0. The zero-order valence-corrected chi connectivity index (χ0v) is 27.5. The third-order valence-corrected chi connectivity index (χ3v) is 9.11. The summed E-state index contributed by atoms with van der Waals surface area (Å²) in [4.78, 5) is 10.9. The van der Waals surface area contributed by atoms with Gasteiger partial charge < -0.3 is 4.42 Å². The summed E-state index contributed by atoms with van der Waals surface area (Å²) < 4.78 is 5.98. The first kappa shape index (κ1) is 30.1. The van der Waals surface area contributed by atoms with Crippen molar-refractivity contribution in [2.75, 3.05) is 0 Å². The third-order valence-electron chi connectivity index (χ3n) is 9.11. The lowest BCUT2D eigenvalue weighted by Crippen LogP contribution is -1.99. The molecule has 0 aliphatic heterocycles. The lowest BCUT2D eigenvalue weighted by atomic mass is 9.95. The van der Waals surface area contributed by atoms with Crippen LogP contribution in [0.3, 0.4) is 0 Å². The van der Waals surface area contributed by atoms with Crippen molar-refractivity contribution in [1.29, 1.82) is 0 Å². The largest absolute Gasteiger partial charge is 0.416 e. The quantitative estimate of drug-likeness (QED) is 0.171. The Morgan fingerprint density at radius 2 is 0.588 bits per heavy atom. The highest BCUT2D eigenvalue weighted by molar-refractivity contribution is 6.03. The minimum absolute atomic E-state index is 0.490. The molecule has 9 rings (SSSR count). The van der Waals surface area contributed by atoms with Crippen LogP contribution in [-0.2, 0) is 0 Å². The van der Waals surface area contributed by atoms with Crippen molar-refractivity contribution in [1.82, 2.24) is 20.2 Å². The molecule has 51 heavy (non-hydrogen) atoms. The second kappa shape index (κ2) is 13.1. The summed E-state index contributed by atoms with van der Waals surface area (Å²) in [5, 5.41) is 8.53. The van der Waals surface area contributed by atoms with Gasteiger partial charge in [0.2, 0.25) is 11.8 Å². The maximum atomic E-state index is 5.98. The Morgan fingerprint density at radius 3 is 1.02 bits per heavy atom. The Bertz CT molecular complexity index is 2590. The Hall–Kier alpha value is -6.98. The normalized spacial score (nSPS) is 11.1. The van der Waals surface area contributed by atoms with E-state index in [0.29, 0.717) is 11.8 Å². The molecule has 7 aromatic carbocycles. The number of benzene rings is 7. The topological polar surface area (TPSA) is 64.7 Å². The first-order valence-electron chi connectivity index (χ1n) is 16.9. The van der Waals surface area contributed by atoms with Gasteiger partial charge in [-0.05, 0) is 46.5 Å². The lowest BCUT2D eigenvalue weighted by Gasteiger charge is -2.16. The summed E-state index contributed by atoms with van der Waals surface area (Å²) in [6, 6.07) is 62.1. The van der Waals surface area contributed by atoms with Crippen LogP contribution in [0.1, 0.15) is 0 Å². The van der Waals surface area contributed by atoms with E-state index in [-0.39, 0.29) is 0 Å². The summed E-state index contributed by atoms with van der Waals surface area (Å²) in [5.41, 5.74) is 13.7. The number of hydrogen-bond acceptors (Lipinski definition) is 5. The molecular formula is C46H30N4O. The minimum atomic E-state index is 0.490. The molecule has 5 nitrogen and oxygen atoms in total. The molecule has 240 valence electrons. The second-order valence-electron chi connectivity index (χ2n) is 12.3. The molecule has 2 aromatic heterocycles. The van der Waals surface area contributed by atoms with Gasteiger partial charge >= 0.3 is 0 Å². The van der Waals surface area contributed by atoms with Crippen LogP contribution in [0.15, 0.2) is 186 Å². The molecule has 2 heterocycles. The number of rotatable bonds is 7. The van der Waals surface area contributed by atoms with E-state index in [0.717, 1.165) is 78.1 Å². The van der Waals surface area contributed by atoms with Crippen molar-refractivity contribution in [2.45, 2.75) is 0 Å². The van der Waals surface area contributed by atoms with E-state index in [2.05, 4.69) is 119 Å². The monoisotopic (exact) mass is 654 g/mol. The van der Waals surface area contributed by atoms with Crippen LogP contribution < -0.4 is 0 Å². The van der Waals surface area contributed by atoms with Gasteiger partial charge in [-0.1, -0.05) is 158 Å². The van der Waals surface area contributed by atoms with Gasteiger partial charge in [0.05, 0.1) is 22.4 Å². The Morgan fingerprint density at radius 1 is 0.275 bits per heavy atom. The maximum Gasteiger partial charge on any atom is 0.248 e. The van der Waals surface area contributed by atoms with Crippen LogP contribution in [0.25, 0.3) is 89.8 Å². The fourth-order valence-corrected chi connectivity index (χ4v) is 6.50. The number of fused-ring (bicyclic) bond motifs is 1. The predicted molar refractivity (Wildman–Crippen MR) is 205 cm³/mol. The molecule has 0 saturated heterocycles. The van der Waals surface area contributed by atoms with Crippen LogP contribution in [0.4, 0.5) is 0 Å². The highest BCUT2D eigenvalue weighted by atomic mass is 16.4. The molecule has 0 saturated carbocycles. The van der Waals surface area contributed by atoms with Crippen LogP contribution in [0.2, 0.25) is 0 Å². The van der Waals surface area contributed by atoms with Crippen molar-refractivity contribution in [2.24, 2.45) is 0 Å². The first-order chi connectivity index (χ1) is 25.3. The van der Waals surface area contributed by atoms with Crippen molar-refractivity contribution in [3.05, 3.63) is 182 Å². The van der Waals surface area contributed by atoms with E-state index in [1.165, 1.54) is 0 Å². The highest BCUT2D eigenvalue weighted by Gasteiger charge is 2.19. The molecule has 0 bridgehead atoms. The zero-order chi connectivity index (χ0) is 34.0. The standard InChI is InChI=1S/C46H30N4O/c1-5-13-33(14-6-1)39-29-30-40(34-15-7-2-8-16-34)44-43(39)47-41(35-17-9-3-10-18-35)42(48-44)36-25-21-31(22-26-36)32-23-27-38(28-24-32)46-50-49-45(51-46)37-19-11-4-12-20-37/h1-30H. The summed E-state index contributed by atoms with van der Waals surface area (Å²) >= 11 is 0. The fraction of sp³-hybridized carbons (Fsp3) is 0. The molecule has 5 heteroatoms. The van der Waals surface area contributed by atoms with Gasteiger partial charge in [-0.15, -0.1) is 10.2 Å². The predicted octanol–water partition coefficient (Wildman–Crippen LogP) is 11.7. The lowest BCUT2D eigenvalue weighted by molar-refractivity contribution is 0.584.